The van der Waals surface area contributed by atoms with Gasteiger partial charge in [0.05, 0.1) is 11.7 Å². The maximum absolute atomic E-state index is 13.4. The minimum absolute atomic E-state index is 0.100. The van der Waals surface area contributed by atoms with Gasteiger partial charge in [0.1, 0.15) is 0 Å². The van der Waals surface area contributed by atoms with Crippen LogP contribution in [-0.4, -0.2) is 22.5 Å². The van der Waals surface area contributed by atoms with Crippen LogP contribution in [0.3, 0.4) is 0 Å². The van der Waals surface area contributed by atoms with Crippen LogP contribution in [0.15, 0.2) is 77.3 Å². The molecule has 1 aliphatic heterocycles. The molecule has 4 aromatic rings. The Morgan fingerprint density at radius 3 is 2.57 bits per heavy atom. The molecule has 4 nitrogen and oxygen atoms in total. The summed E-state index contributed by atoms with van der Waals surface area (Å²) in [5, 5.41) is 4.33. The van der Waals surface area contributed by atoms with Crippen molar-refractivity contribution in [2.75, 3.05) is 11.9 Å². The van der Waals surface area contributed by atoms with E-state index in [4.69, 9.17) is 0 Å². The molecular formula is C25H22BrN3O. The zero-order chi connectivity index (χ0) is 20.7. The van der Waals surface area contributed by atoms with E-state index in [-0.39, 0.29) is 12.1 Å². The molecule has 1 aromatic heterocycles. The van der Waals surface area contributed by atoms with Gasteiger partial charge in [0.25, 0.3) is 0 Å². The Morgan fingerprint density at radius 2 is 1.77 bits per heavy atom. The third-order valence-electron chi connectivity index (χ3n) is 5.80. The number of carbonyl (C=O) groups is 1. The van der Waals surface area contributed by atoms with E-state index < -0.39 is 0 Å². The number of hydrogen-bond acceptors (Lipinski definition) is 1. The van der Waals surface area contributed by atoms with E-state index >= 15 is 0 Å². The van der Waals surface area contributed by atoms with Crippen molar-refractivity contribution in [2.45, 2.75) is 19.4 Å². The number of anilines is 1. The number of rotatable bonds is 2. The number of fused-ring (bicyclic) bond motifs is 3. The van der Waals surface area contributed by atoms with Crippen LogP contribution in [-0.2, 0) is 6.42 Å². The molecule has 0 unspecified atom stereocenters. The zero-order valence-electron chi connectivity index (χ0n) is 16.7. The summed E-state index contributed by atoms with van der Waals surface area (Å²) < 4.78 is 0.869. The lowest BCUT2D eigenvalue weighted by Crippen LogP contribution is -2.43. The maximum atomic E-state index is 13.4. The molecule has 0 aliphatic carbocycles. The molecular weight excluding hydrogens is 438 g/mol. The summed E-state index contributed by atoms with van der Waals surface area (Å²) in [4.78, 5) is 18.9. The second kappa shape index (κ2) is 7.65. The standard InChI is InChI=1S/C25H22BrN3O/c1-16-10-12-17(13-11-16)24-23-19(18-6-2-4-8-21(18)27-23)14-15-29(24)25(30)28-22-9-5-3-7-20(22)26/h2-13,24,27H,14-15H2,1H3,(H,28,30)/t24-/m0/s1. The second-order valence-electron chi connectivity index (χ2n) is 7.73. The number of hydrogen-bond donors (Lipinski definition) is 2. The molecule has 1 atom stereocenters. The van der Waals surface area contributed by atoms with Gasteiger partial charge in [0, 0.05) is 27.6 Å². The summed E-state index contributed by atoms with van der Waals surface area (Å²) in [7, 11) is 0. The molecule has 2 heterocycles. The fraction of sp³-hybridized carbons (Fsp3) is 0.160. The molecule has 5 heteroatoms. The average Bonchev–Trinajstić information content (AvgIpc) is 3.14. The minimum Gasteiger partial charge on any atom is -0.356 e. The number of aryl methyl sites for hydroxylation is 1. The first-order valence-electron chi connectivity index (χ1n) is 10.1. The summed E-state index contributed by atoms with van der Waals surface area (Å²) in [5.74, 6) is 0. The Labute approximate surface area is 184 Å². The molecule has 30 heavy (non-hydrogen) atoms. The Morgan fingerprint density at radius 1 is 1.03 bits per heavy atom. The Hall–Kier alpha value is -3.05. The lowest BCUT2D eigenvalue weighted by Gasteiger charge is -2.36. The number of nitrogens with one attached hydrogen (secondary N) is 2. The lowest BCUT2D eigenvalue weighted by molar-refractivity contribution is 0.193. The number of aromatic amines is 1. The van der Waals surface area contributed by atoms with Crippen molar-refractivity contribution < 1.29 is 4.79 Å². The second-order valence-corrected chi connectivity index (χ2v) is 8.58. The fourth-order valence-electron chi connectivity index (χ4n) is 4.30. The molecule has 0 radical (unpaired) electrons. The summed E-state index contributed by atoms with van der Waals surface area (Å²) in [6, 6.07) is 24.3. The number of urea groups is 1. The van der Waals surface area contributed by atoms with Crippen LogP contribution in [0.25, 0.3) is 10.9 Å². The highest BCUT2D eigenvalue weighted by molar-refractivity contribution is 9.10. The van der Waals surface area contributed by atoms with Gasteiger partial charge in [-0.15, -0.1) is 0 Å². The smallest absolute Gasteiger partial charge is 0.322 e. The van der Waals surface area contributed by atoms with Crippen LogP contribution in [0.1, 0.15) is 28.4 Å². The van der Waals surface area contributed by atoms with Crippen molar-refractivity contribution in [3.05, 3.63) is 99.7 Å². The maximum Gasteiger partial charge on any atom is 0.322 e. The first kappa shape index (κ1) is 18.9. The van der Waals surface area contributed by atoms with E-state index in [1.807, 2.05) is 35.2 Å². The average molecular weight is 460 g/mol. The first-order chi connectivity index (χ1) is 14.6. The molecule has 2 amide bonds. The van der Waals surface area contributed by atoms with Gasteiger partial charge in [0.15, 0.2) is 0 Å². The van der Waals surface area contributed by atoms with Crippen LogP contribution >= 0.6 is 15.9 Å². The largest absolute Gasteiger partial charge is 0.356 e. The zero-order valence-corrected chi connectivity index (χ0v) is 18.2. The number of carbonyl (C=O) groups excluding carboxylic acids is 1. The SMILES string of the molecule is Cc1ccc([C@H]2c3[nH]c4ccccc4c3CCN2C(=O)Nc2ccccc2Br)cc1. The lowest BCUT2D eigenvalue weighted by atomic mass is 9.92. The topological polar surface area (TPSA) is 48.1 Å². The molecule has 150 valence electrons. The van der Waals surface area contributed by atoms with Crippen molar-refractivity contribution in [1.82, 2.24) is 9.88 Å². The predicted molar refractivity (Wildman–Crippen MR) is 125 cm³/mol. The van der Waals surface area contributed by atoms with Gasteiger partial charge in [-0.1, -0.05) is 60.2 Å². The molecule has 3 aromatic carbocycles. The number of halogens is 1. The molecule has 0 fully saturated rings. The van der Waals surface area contributed by atoms with E-state index in [0.29, 0.717) is 6.54 Å². The van der Waals surface area contributed by atoms with Crippen LogP contribution < -0.4 is 5.32 Å². The van der Waals surface area contributed by atoms with Crippen LogP contribution in [0, 0.1) is 6.92 Å². The summed E-state index contributed by atoms with van der Waals surface area (Å²) >= 11 is 3.53. The number of aromatic nitrogens is 1. The molecule has 0 saturated heterocycles. The molecule has 0 bridgehead atoms. The summed E-state index contributed by atoms with van der Waals surface area (Å²) in [5.41, 5.74) is 6.61. The highest BCUT2D eigenvalue weighted by atomic mass is 79.9. The number of benzene rings is 3. The van der Waals surface area contributed by atoms with Crippen molar-refractivity contribution in [1.29, 1.82) is 0 Å². The van der Waals surface area contributed by atoms with E-state index in [9.17, 15) is 4.79 Å². The van der Waals surface area contributed by atoms with Crippen LogP contribution in [0.4, 0.5) is 10.5 Å². The Kier molecular flexibility index (Phi) is 4.83. The number of para-hydroxylation sites is 2. The third-order valence-corrected chi connectivity index (χ3v) is 6.50. The van der Waals surface area contributed by atoms with Crippen molar-refractivity contribution in [2.24, 2.45) is 0 Å². The van der Waals surface area contributed by atoms with Gasteiger partial charge in [-0.3, -0.25) is 0 Å². The third kappa shape index (κ3) is 3.29. The first-order valence-corrected chi connectivity index (χ1v) is 10.9. The van der Waals surface area contributed by atoms with E-state index in [1.165, 1.54) is 16.5 Å². The van der Waals surface area contributed by atoms with Gasteiger partial charge < -0.3 is 15.2 Å². The normalized spacial score (nSPS) is 15.8. The van der Waals surface area contributed by atoms with Gasteiger partial charge in [-0.25, -0.2) is 4.79 Å². The molecule has 2 N–H and O–H groups in total. The highest BCUT2D eigenvalue weighted by Crippen LogP contribution is 2.39. The predicted octanol–water partition coefficient (Wildman–Crippen LogP) is 6.42. The van der Waals surface area contributed by atoms with Gasteiger partial charge in [-0.05, 0) is 58.6 Å². The number of H-pyrrole nitrogens is 1. The van der Waals surface area contributed by atoms with E-state index in [2.05, 4.69) is 75.6 Å². The number of nitrogens with zero attached hydrogens (tertiary/aromatic N) is 1. The van der Waals surface area contributed by atoms with E-state index in [1.54, 1.807) is 0 Å². The quantitative estimate of drug-likeness (QED) is 0.356. The Balaban J connectivity index is 1.59. The Bertz CT molecular complexity index is 1230. The van der Waals surface area contributed by atoms with Gasteiger partial charge in [0.2, 0.25) is 0 Å². The highest BCUT2D eigenvalue weighted by Gasteiger charge is 2.34. The minimum atomic E-state index is -0.163. The van der Waals surface area contributed by atoms with Gasteiger partial charge in [-0.2, -0.15) is 0 Å². The molecule has 1 aliphatic rings. The van der Waals surface area contributed by atoms with Crippen molar-refractivity contribution >= 4 is 38.6 Å². The summed E-state index contributed by atoms with van der Waals surface area (Å²) in [6.07, 6.45) is 0.824. The summed E-state index contributed by atoms with van der Waals surface area (Å²) in [6.45, 7) is 2.74. The van der Waals surface area contributed by atoms with E-state index in [0.717, 1.165) is 33.4 Å². The van der Waals surface area contributed by atoms with Crippen LogP contribution in [0.2, 0.25) is 0 Å². The monoisotopic (exact) mass is 459 g/mol. The van der Waals surface area contributed by atoms with Crippen molar-refractivity contribution in [3.63, 3.8) is 0 Å². The fourth-order valence-corrected chi connectivity index (χ4v) is 4.69. The van der Waals surface area contributed by atoms with Crippen LogP contribution in [0.5, 0.6) is 0 Å². The number of amides is 2. The van der Waals surface area contributed by atoms with Gasteiger partial charge >= 0.3 is 6.03 Å². The molecule has 0 saturated carbocycles. The van der Waals surface area contributed by atoms with Crippen molar-refractivity contribution in [3.8, 4) is 0 Å². The molecule has 0 spiro atoms. The molecule has 5 rings (SSSR count).